The molecule has 0 aliphatic carbocycles. The zero-order chi connectivity index (χ0) is 17.6. The number of aromatic amines is 1. The maximum absolute atomic E-state index is 13.7. The lowest BCUT2D eigenvalue weighted by atomic mass is 10.1. The van der Waals surface area contributed by atoms with Gasteiger partial charge in [0.1, 0.15) is 11.5 Å². The van der Waals surface area contributed by atoms with Gasteiger partial charge < -0.3 is 16.0 Å². The lowest BCUT2D eigenvalue weighted by molar-refractivity contribution is -0.117. The summed E-state index contributed by atoms with van der Waals surface area (Å²) in [5.41, 5.74) is 7.88. The Morgan fingerprint density at radius 1 is 1.26 bits per heavy atom. The molecule has 3 aromatic rings. The van der Waals surface area contributed by atoms with Crippen LogP contribution in [0.1, 0.15) is 11.1 Å². The number of hydrogen-bond acceptors (Lipinski definition) is 3. The van der Waals surface area contributed by atoms with E-state index >= 15 is 0 Å². The Morgan fingerprint density at radius 3 is 2.78 bits per heavy atom. The van der Waals surface area contributed by atoms with Crippen LogP contribution in [0.3, 0.4) is 0 Å². The maximum atomic E-state index is 13.7. The summed E-state index contributed by atoms with van der Waals surface area (Å²) < 4.78 is 13.7. The standard InChI is InChI=1S/C19H19FN4O.2ClH/c20-17-6-2-1-4-13(17)10-15(11-21)24-18(25)8-7-14-12-23-19-16(14)5-3-9-22-19;;/h1-9,12,15H,10-11,21H2,(H,22,23)(H,24,25);2*1H/b8-7+;;/t15-;;/m0../s1. The zero-order valence-electron chi connectivity index (χ0n) is 14.4. The Morgan fingerprint density at radius 2 is 2.04 bits per heavy atom. The number of nitrogens with one attached hydrogen (secondary N) is 2. The van der Waals surface area contributed by atoms with E-state index in [1.807, 2.05) is 12.1 Å². The molecule has 2 heterocycles. The lowest BCUT2D eigenvalue weighted by Crippen LogP contribution is -2.41. The van der Waals surface area contributed by atoms with Crippen molar-refractivity contribution in [2.75, 3.05) is 6.54 Å². The number of carbonyl (C=O) groups excluding carboxylic acids is 1. The van der Waals surface area contributed by atoms with Crippen molar-refractivity contribution in [1.82, 2.24) is 15.3 Å². The molecular weight excluding hydrogens is 390 g/mol. The molecule has 0 aliphatic heterocycles. The van der Waals surface area contributed by atoms with Crippen LogP contribution in [-0.4, -0.2) is 28.5 Å². The van der Waals surface area contributed by atoms with Crippen LogP contribution in [0.5, 0.6) is 0 Å². The first-order valence-corrected chi connectivity index (χ1v) is 8.01. The molecule has 144 valence electrons. The van der Waals surface area contributed by atoms with Gasteiger partial charge >= 0.3 is 0 Å². The minimum Gasteiger partial charge on any atom is -0.348 e. The third-order valence-electron chi connectivity index (χ3n) is 3.95. The van der Waals surface area contributed by atoms with Crippen LogP contribution >= 0.6 is 24.8 Å². The fourth-order valence-electron chi connectivity index (χ4n) is 2.65. The fraction of sp³-hybridized carbons (Fsp3) is 0.158. The normalized spacial score (nSPS) is 11.6. The first-order valence-electron chi connectivity index (χ1n) is 8.01. The molecule has 1 atom stereocenters. The summed E-state index contributed by atoms with van der Waals surface area (Å²) in [5.74, 6) is -0.568. The first-order chi connectivity index (χ1) is 12.2. The molecule has 5 nitrogen and oxygen atoms in total. The second-order valence-corrected chi connectivity index (χ2v) is 5.71. The van der Waals surface area contributed by atoms with Gasteiger partial charge in [0.15, 0.2) is 0 Å². The number of benzene rings is 1. The quantitative estimate of drug-likeness (QED) is 0.545. The Labute approximate surface area is 169 Å². The number of pyridine rings is 1. The van der Waals surface area contributed by atoms with Crippen molar-refractivity contribution >= 4 is 47.8 Å². The molecule has 0 fully saturated rings. The summed E-state index contributed by atoms with van der Waals surface area (Å²) in [7, 11) is 0. The summed E-state index contributed by atoms with van der Waals surface area (Å²) in [6.45, 7) is 0.227. The lowest BCUT2D eigenvalue weighted by Gasteiger charge is -2.16. The van der Waals surface area contributed by atoms with E-state index in [0.717, 1.165) is 16.6 Å². The van der Waals surface area contributed by atoms with E-state index < -0.39 is 0 Å². The highest BCUT2D eigenvalue weighted by molar-refractivity contribution is 5.95. The molecule has 0 aliphatic rings. The van der Waals surface area contributed by atoms with Crippen molar-refractivity contribution in [3.8, 4) is 0 Å². The predicted octanol–water partition coefficient (Wildman–Crippen LogP) is 3.25. The van der Waals surface area contributed by atoms with Crippen LogP contribution in [0.2, 0.25) is 0 Å². The van der Waals surface area contributed by atoms with E-state index in [1.54, 1.807) is 36.7 Å². The monoisotopic (exact) mass is 410 g/mol. The fourth-order valence-corrected chi connectivity index (χ4v) is 2.65. The van der Waals surface area contributed by atoms with Gasteiger partial charge in [-0.1, -0.05) is 18.2 Å². The molecular formula is C19H21Cl2FN4O. The largest absolute Gasteiger partial charge is 0.348 e. The highest BCUT2D eigenvalue weighted by Gasteiger charge is 2.12. The van der Waals surface area contributed by atoms with Crippen molar-refractivity contribution in [3.63, 3.8) is 0 Å². The summed E-state index contributed by atoms with van der Waals surface area (Å²) in [5, 5.41) is 3.75. The Balaban J connectivity index is 0.00000182. The topological polar surface area (TPSA) is 83.8 Å². The zero-order valence-corrected chi connectivity index (χ0v) is 16.0. The van der Waals surface area contributed by atoms with E-state index in [4.69, 9.17) is 5.73 Å². The molecule has 8 heteroatoms. The van der Waals surface area contributed by atoms with Crippen LogP contribution in [0, 0.1) is 5.82 Å². The minimum atomic E-state index is -0.335. The van der Waals surface area contributed by atoms with Crippen LogP contribution in [0.4, 0.5) is 4.39 Å². The average Bonchev–Trinajstić information content (AvgIpc) is 3.04. The molecule has 1 aromatic carbocycles. The maximum Gasteiger partial charge on any atom is 0.244 e. The SMILES string of the molecule is Cl.Cl.NC[C@H](Cc1ccccc1F)NC(=O)/C=C/c1c[nH]c2ncccc12. The molecule has 2 aromatic heterocycles. The first kappa shape index (κ1) is 22.6. The van der Waals surface area contributed by atoms with Crippen LogP contribution in [0.15, 0.2) is 54.9 Å². The molecule has 0 spiro atoms. The van der Waals surface area contributed by atoms with Crippen LogP contribution in [0.25, 0.3) is 17.1 Å². The number of nitrogens with zero attached hydrogens (tertiary/aromatic N) is 1. The molecule has 1 amide bonds. The molecule has 27 heavy (non-hydrogen) atoms. The number of nitrogens with two attached hydrogens (primary N) is 1. The Bertz CT molecular complexity index is 913. The van der Waals surface area contributed by atoms with Gasteiger partial charge in [-0.15, -0.1) is 24.8 Å². The second kappa shape index (κ2) is 10.7. The predicted molar refractivity (Wildman–Crippen MR) is 111 cm³/mol. The number of hydrogen-bond donors (Lipinski definition) is 3. The smallest absolute Gasteiger partial charge is 0.244 e. The average molecular weight is 411 g/mol. The van der Waals surface area contributed by atoms with Crippen LogP contribution < -0.4 is 11.1 Å². The van der Waals surface area contributed by atoms with Crippen molar-refractivity contribution < 1.29 is 9.18 Å². The second-order valence-electron chi connectivity index (χ2n) is 5.71. The van der Waals surface area contributed by atoms with E-state index in [-0.39, 0.29) is 49.1 Å². The summed E-state index contributed by atoms with van der Waals surface area (Å²) >= 11 is 0. The van der Waals surface area contributed by atoms with E-state index in [9.17, 15) is 9.18 Å². The highest BCUT2D eigenvalue weighted by Crippen LogP contribution is 2.16. The molecule has 0 bridgehead atoms. The number of carbonyl (C=O) groups is 1. The van der Waals surface area contributed by atoms with Crippen molar-refractivity contribution in [2.45, 2.75) is 12.5 Å². The third kappa shape index (κ3) is 5.79. The van der Waals surface area contributed by atoms with Gasteiger partial charge in [-0.25, -0.2) is 9.37 Å². The van der Waals surface area contributed by atoms with Crippen LogP contribution in [-0.2, 0) is 11.2 Å². The summed E-state index contributed by atoms with van der Waals surface area (Å²) in [6.07, 6.45) is 7.00. The van der Waals surface area contributed by atoms with Gasteiger partial charge in [0.2, 0.25) is 5.91 Å². The number of aromatic nitrogens is 2. The van der Waals surface area contributed by atoms with Crippen molar-refractivity contribution in [3.05, 3.63) is 71.8 Å². The van der Waals surface area contributed by atoms with Gasteiger partial charge in [0.25, 0.3) is 0 Å². The Kier molecular flexibility index (Phi) is 8.94. The molecule has 0 saturated carbocycles. The highest BCUT2D eigenvalue weighted by atomic mass is 35.5. The van der Waals surface area contributed by atoms with E-state index in [0.29, 0.717) is 12.0 Å². The molecule has 0 saturated heterocycles. The van der Waals surface area contributed by atoms with E-state index in [1.165, 1.54) is 12.1 Å². The Hall–Kier alpha value is -2.41. The summed E-state index contributed by atoms with van der Waals surface area (Å²) in [6, 6.07) is 9.92. The van der Waals surface area contributed by atoms with Gasteiger partial charge in [-0.05, 0) is 36.3 Å². The van der Waals surface area contributed by atoms with Gasteiger partial charge in [-0.3, -0.25) is 4.79 Å². The number of amides is 1. The third-order valence-corrected chi connectivity index (χ3v) is 3.95. The van der Waals surface area contributed by atoms with Gasteiger partial charge in [0, 0.05) is 42.0 Å². The molecule has 4 N–H and O–H groups in total. The van der Waals surface area contributed by atoms with E-state index in [2.05, 4.69) is 15.3 Å². The number of rotatable bonds is 6. The number of halogens is 3. The number of fused-ring (bicyclic) bond motifs is 1. The minimum absolute atomic E-state index is 0. The van der Waals surface area contributed by atoms with Crippen molar-refractivity contribution in [2.24, 2.45) is 5.73 Å². The molecule has 3 rings (SSSR count). The molecule has 0 unspecified atom stereocenters. The summed E-state index contributed by atoms with van der Waals surface area (Å²) in [4.78, 5) is 19.4. The van der Waals surface area contributed by atoms with Gasteiger partial charge in [0.05, 0.1) is 0 Å². The molecule has 0 radical (unpaired) electrons. The van der Waals surface area contributed by atoms with Crippen molar-refractivity contribution in [1.29, 1.82) is 0 Å². The van der Waals surface area contributed by atoms with Gasteiger partial charge in [-0.2, -0.15) is 0 Å². The number of H-pyrrole nitrogens is 1.